The van der Waals surface area contributed by atoms with E-state index in [0.29, 0.717) is 12.4 Å². The number of hydrogen-bond donors (Lipinski definition) is 1. The summed E-state index contributed by atoms with van der Waals surface area (Å²) in [4.78, 5) is 0. The van der Waals surface area contributed by atoms with Gasteiger partial charge < -0.3 is 10.5 Å². The summed E-state index contributed by atoms with van der Waals surface area (Å²) in [7, 11) is 0. The molecule has 4 nitrogen and oxygen atoms in total. The third-order valence-electron chi connectivity index (χ3n) is 3.00. The van der Waals surface area contributed by atoms with Crippen LogP contribution >= 0.6 is 0 Å². The molecule has 0 fully saturated rings. The highest BCUT2D eigenvalue weighted by molar-refractivity contribution is 5.71. The van der Waals surface area contributed by atoms with Crippen LogP contribution in [-0.2, 0) is 0 Å². The molecule has 0 saturated carbocycles. The van der Waals surface area contributed by atoms with E-state index in [1.54, 1.807) is 0 Å². The zero-order valence-electron chi connectivity index (χ0n) is 10.9. The first-order valence-corrected chi connectivity index (χ1v) is 5.96. The number of para-hydroxylation sites is 1. The molecule has 0 aliphatic heterocycles. The van der Waals surface area contributed by atoms with E-state index in [4.69, 9.17) is 10.5 Å². The van der Waals surface area contributed by atoms with Crippen LogP contribution in [0.25, 0.3) is 11.3 Å². The van der Waals surface area contributed by atoms with Crippen molar-refractivity contribution in [1.29, 1.82) is 0 Å². The maximum absolute atomic E-state index is 5.76. The lowest BCUT2D eigenvalue weighted by Crippen LogP contribution is -2.03. The van der Waals surface area contributed by atoms with E-state index in [-0.39, 0.29) is 0 Å². The van der Waals surface area contributed by atoms with Gasteiger partial charge in [-0.25, -0.2) is 0 Å². The smallest absolute Gasteiger partial charge is 0.149 e. The second-order valence-electron chi connectivity index (χ2n) is 4.11. The van der Waals surface area contributed by atoms with Crippen molar-refractivity contribution in [2.24, 2.45) is 0 Å². The van der Waals surface area contributed by atoms with Crippen LogP contribution in [0.2, 0.25) is 0 Å². The van der Waals surface area contributed by atoms with E-state index in [9.17, 15) is 0 Å². The Balaban J connectivity index is 2.59. The van der Waals surface area contributed by atoms with Crippen LogP contribution in [0.3, 0.4) is 0 Å². The molecule has 2 rings (SSSR count). The standard InChI is InChI=1S/C14H17N3O/c1-4-18-12-8-6-5-7-11(12)13-9(2)10(3)14(15)17-16-13/h5-8H,4H2,1-3H3,(H2,15,17). The van der Waals surface area contributed by atoms with Crippen molar-refractivity contribution in [2.75, 3.05) is 12.3 Å². The number of nitrogens with two attached hydrogens (primary N) is 1. The molecule has 0 aliphatic rings. The number of ether oxygens (including phenoxy) is 1. The second-order valence-corrected chi connectivity index (χ2v) is 4.11. The molecule has 2 aromatic rings. The predicted octanol–water partition coefficient (Wildman–Crippen LogP) is 2.74. The van der Waals surface area contributed by atoms with Gasteiger partial charge in [-0.05, 0) is 44.0 Å². The van der Waals surface area contributed by atoms with Crippen molar-refractivity contribution in [3.8, 4) is 17.0 Å². The number of hydrogen-bond acceptors (Lipinski definition) is 4. The third kappa shape index (κ3) is 2.14. The second kappa shape index (κ2) is 5.04. The fraction of sp³-hybridized carbons (Fsp3) is 0.286. The SMILES string of the molecule is CCOc1ccccc1-c1nnc(N)c(C)c1C. The number of nitrogens with zero attached hydrogens (tertiary/aromatic N) is 2. The van der Waals surface area contributed by atoms with Crippen molar-refractivity contribution in [1.82, 2.24) is 10.2 Å². The molecule has 2 N–H and O–H groups in total. The largest absolute Gasteiger partial charge is 0.493 e. The fourth-order valence-corrected chi connectivity index (χ4v) is 1.82. The molecule has 18 heavy (non-hydrogen) atoms. The minimum atomic E-state index is 0.477. The molecular weight excluding hydrogens is 226 g/mol. The van der Waals surface area contributed by atoms with E-state index >= 15 is 0 Å². The van der Waals surface area contributed by atoms with Gasteiger partial charge in [0.2, 0.25) is 0 Å². The molecule has 4 heteroatoms. The van der Waals surface area contributed by atoms with Gasteiger partial charge in [0.1, 0.15) is 11.6 Å². The van der Waals surface area contributed by atoms with E-state index < -0.39 is 0 Å². The molecule has 94 valence electrons. The quantitative estimate of drug-likeness (QED) is 0.900. The zero-order valence-corrected chi connectivity index (χ0v) is 10.9. The Morgan fingerprint density at radius 3 is 2.56 bits per heavy atom. The van der Waals surface area contributed by atoms with Gasteiger partial charge in [0.05, 0.1) is 12.3 Å². The van der Waals surface area contributed by atoms with Crippen LogP contribution in [0.15, 0.2) is 24.3 Å². The lowest BCUT2D eigenvalue weighted by Gasteiger charge is -2.12. The lowest BCUT2D eigenvalue weighted by molar-refractivity contribution is 0.341. The van der Waals surface area contributed by atoms with Gasteiger partial charge >= 0.3 is 0 Å². The summed E-state index contributed by atoms with van der Waals surface area (Å²) in [6.07, 6.45) is 0. The molecule has 0 atom stereocenters. The number of nitrogen functional groups attached to an aromatic ring is 1. The van der Waals surface area contributed by atoms with Gasteiger partial charge in [-0.2, -0.15) is 0 Å². The Morgan fingerprint density at radius 2 is 1.83 bits per heavy atom. The minimum absolute atomic E-state index is 0.477. The molecule has 0 spiro atoms. The van der Waals surface area contributed by atoms with Crippen LogP contribution < -0.4 is 10.5 Å². The number of aromatic nitrogens is 2. The Kier molecular flexibility index (Phi) is 3.46. The van der Waals surface area contributed by atoms with Gasteiger partial charge in [0.15, 0.2) is 0 Å². The first-order valence-electron chi connectivity index (χ1n) is 5.96. The Bertz CT molecular complexity index is 567. The van der Waals surface area contributed by atoms with Crippen LogP contribution in [0.4, 0.5) is 5.82 Å². The lowest BCUT2D eigenvalue weighted by atomic mass is 10.0. The molecule has 0 amide bonds. The third-order valence-corrected chi connectivity index (χ3v) is 3.00. The average molecular weight is 243 g/mol. The summed E-state index contributed by atoms with van der Waals surface area (Å²) in [5.74, 6) is 1.30. The summed E-state index contributed by atoms with van der Waals surface area (Å²) in [5.41, 5.74) is 9.54. The maximum atomic E-state index is 5.76. The zero-order chi connectivity index (χ0) is 13.1. The van der Waals surface area contributed by atoms with Crippen molar-refractivity contribution < 1.29 is 4.74 Å². The van der Waals surface area contributed by atoms with Gasteiger partial charge in [0, 0.05) is 5.56 Å². The van der Waals surface area contributed by atoms with Crippen LogP contribution in [0.1, 0.15) is 18.1 Å². The molecule has 0 bridgehead atoms. The molecule has 0 radical (unpaired) electrons. The summed E-state index contributed by atoms with van der Waals surface area (Å²) in [6.45, 7) is 6.53. The first-order chi connectivity index (χ1) is 8.65. The van der Waals surface area contributed by atoms with Gasteiger partial charge in [-0.15, -0.1) is 10.2 Å². The Hall–Kier alpha value is -2.10. The molecule has 0 unspecified atom stereocenters. The predicted molar refractivity (Wildman–Crippen MR) is 72.5 cm³/mol. The van der Waals surface area contributed by atoms with Crippen molar-refractivity contribution >= 4 is 5.82 Å². The van der Waals surface area contributed by atoms with E-state index in [2.05, 4.69) is 10.2 Å². The first kappa shape index (κ1) is 12.4. The molecule has 1 aromatic carbocycles. The number of benzene rings is 1. The number of rotatable bonds is 3. The van der Waals surface area contributed by atoms with Crippen molar-refractivity contribution in [2.45, 2.75) is 20.8 Å². The molecule has 1 heterocycles. The normalized spacial score (nSPS) is 10.4. The fourth-order valence-electron chi connectivity index (χ4n) is 1.82. The summed E-state index contributed by atoms with van der Waals surface area (Å²) < 4.78 is 5.62. The van der Waals surface area contributed by atoms with Gasteiger partial charge in [-0.3, -0.25) is 0 Å². The van der Waals surface area contributed by atoms with Crippen LogP contribution in [0, 0.1) is 13.8 Å². The highest BCUT2D eigenvalue weighted by atomic mass is 16.5. The highest BCUT2D eigenvalue weighted by Crippen LogP contribution is 2.32. The summed E-state index contributed by atoms with van der Waals surface area (Å²) >= 11 is 0. The summed E-state index contributed by atoms with van der Waals surface area (Å²) in [5, 5.41) is 8.19. The number of anilines is 1. The van der Waals surface area contributed by atoms with Gasteiger partial charge in [-0.1, -0.05) is 12.1 Å². The van der Waals surface area contributed by atoms with Crippen LogP contribution in [0.5, 0.6) is 5.75 Å². The van der Waals surface area contributed by atoms with E-state index in [1.165, 1.54) is 0 Å². The Labute approximate surface area is 107 Å². The maximum Gasteiger partial charge on any atom is 0.149 e. The molecule has 0 aliphatic carbocycles. The average Bonchev–Trinajstić information content (AvgIpc) is 2.38. The van der Waals surface area contributed by atoms with Crippen LogP contribution in [-0.4, -0.2) is 16.8 Å². The van der Waals surface area contributed by atoms with Gasteiger partial charge in [0.25, 0.3) is 0 Å². The molecule has 0 saturated heterocycles. The van der Waals surface area contributed by atoms with Crippen molar-refractivity contribution in [3.63, 3.8) is 0 Å². The summed E-state index contributed by atoms with van der Waals surface area (Å²) in [6, 6.07) is 7.83. The topological polar surface area (TPSA) is 61.0 Å². The molecule has 1 aromatic heterocycles. The Morgan fingerprint density at radius 1 is 1.11 bits per heavy atom. The minimum Gasteiger partial charge on any atom is -0.493 e. The van der Waals surface area contributed by atoms with Crippen molar-refractivity contribution in [3.05, 3.63) is 35.4 Å². The highest BCUT2D eigenvalue weighted by Gasteiger charge is 2.13. The van der Waals surface area contributed by atoms with E-state index in [0.717, 1.165) is 28.1 Å². The van der Waals surface area contributed by atoms with E-state index in [1.807, 2.05) is 45.0 Å². The molecular formula is C14H17N3O. The monoisotopic (exact) mass is 243 g/mol.